The van der Waals surface area contributed by atoms with Gasteiger partial charge >= 0.3 is 5.97 Å². The molecule has 2 heterocycles. The summed E-state index contributed by atoms with van der Waals surface area (Å²) in [6.07, 6.45) is 0. The number of thioether (sulfide) groups is 1. The van der Waals surface area contributed by atoms with E-state index in [0.29, 0.717) is 21.8 Å². The molecule has 36 heavy (non-hydrogen) atoms. The first-order chi connectivity index (χ1) is 17.6. The SMILES string of the molecule is CCOC(=O)C1=C(CSc2nc(-c3ccccc3)ccc2C#N)OC(=N)C(C#N)C1c1ccccc1. The number of hydrogen-bond acceptors (Lipinski definition) is 8. The summed E-state index contributed by atoms with van der Waals surface area (Å²) in [4.78, 5) is 17.8. The van der Waals surface area contributed by atoms with Crippen LogP contribution >= 0.6 is 11.8 Å². The molecule has 1 aliphatic heterocycles. The molecule has 3 aromatic rings. The van der Waals surface area contributed by atoms with Crippen LogP contribution in [0, 0.1) is 34.0 Å². The van der Waals surface area contributed by atoms with Gasteiger partial charge in [0.1, 0.15) is 22.8 Å². The van der Waals surface area contributed by atoms with E-state index in [1.807, 2.05) is 60.7 Å². The van der Waals surface area contributed by atoms with E-state index in [1.54, 1.807) is 19.1 Å². The number of ether oxygens (including phenoxy) is 2. The largest absolute Gasteiger partial charge is 0.463 e. The third kappa shape index (κ3) is 5.14. The van der Waals surface area contributed by atoms with E-state index >= 15 is 0 Å². The first-order valence-corrected chi connectivity index (χ1v) is 12.3. The fourth-order valence-corrected chi connectivity index (χ4v) is 4.91. The summed E-state index contributed by atoms with van der Waals surface area (Å²) in [6, 6.07) is 26.5. The molecule has 0 saturated carbocycles. The van der Waals surface area contributed by atoms with Crippen LogP contribution in [-0.4, -0.2) is 29.2 Å². The van der Waals surface area contributed by atoms with E-state index in [1.165, 1.54) is 11.8 Å². The molecular weight excluding hydrogens is 472 g/mol. The van der Waals surface area contributed by atoms with Gasteiger partial charge in [-0.3, -0.25) is 5.41 Å². The number of rotatable bonds is 7. The smallest absolute Gasteiger partial charge is 0.338 e. The molecule has 8 heteroatoms. The highest BCUT2D eigenvalue weighted by Gasteiger charge is 2.42. The molecule has 2 unspecified atom stereocenters. The number of nitriles is 2. The zero-order valence-corrected chi connectivity index (χ0v) is 20.3. The number of esters is 1. The zero-order chi connectivity index (χ0) is 25.5. The normalized spacial score (nSPS) is 17.0. The first-order valence-electron chi connectivity index (χ1n) is 11.3. The molecule has 4 rings (SSSR count). The molecule has 1 aliphatic rings. The van der Waals surface area contributed by atoms with E-state index in [0.717, 1.165) is 5.56 Å². The molecule has 0 aliphatic carbocycles. The Morgan fingerprint density at radius 2 is 1.78 bits per heavy atom. The molecule has 0 radical (unpaired) electrons. The van der Waals surface area contributed by atoms with Crippen molar-refractivity contribution in [1.82, 2.24) is 4.98 Å². The van der Waals surface area contributed by atoms with E-state index in [-0.39, 0.29) is 29.6 Å². The third-order valence-corrected chi connectivity index (χ3v) is 6.63. The maximum Gasteiger partial charge on any atom is 0.338 e. The highest BCUT2D eigenvalue weighted by Crippen LogP contribution is 2.41. The highest BCUT2D eigenvalue weighted by molar-refractivity contribution is 7.99. The summed E-state index contributed by atoms with van der Waals surface area (Å²) >= 11 is 1.23. The molecule has 178 valence electrons. The Kier molecular flexibility index (Phi) is 7.79. The molecule has 0 bridgehead atoms. The predicted octanol–water partition coefficient (Wildman–Crippen LogP) is 5.46. The lowest BCUT2D eigenvalue weighted by atomic mass is 9.79. The van der Waals surface area contributed by atoms with Gasteiger partial charge in [0.05, 0.1) is 35.3 Å². The summed E-state index contributed by atoms with van der Waals surface area (Å²) in [7, 11) is 0. The minimum absolute atomic E-state index is 0.123. The lowest BCUT2D eigenvalue weighted by Gasteiger charge is -2.31. The van der Waals surface area contributed by atoms with Crippen LogP contribution in [0.25, 0.3) is 11.3 Å². The van der Waals surface area contributed by atoms with Gasteiger partial charge in [0.2, 0.25) is 5.90 Å². The van der Waals surface area contributed by atoms with Gasteiger partial charge in [-0.15, -0.1) is 0 Å². The second-order valence-corrected chi connectivity index (χ2v) is 8.80. The average molecular weight is 495 g/mol. The molecule has 0 amide bonds. The standard InChI is InChI=1S/C28H22N4O3S/c1-2-34-28(33)25-23(35-26(31)21(16-30)24(25)19-11-7-4-8-12-19)17-36-27-20(15-29)13-14-22(32-27)18-9-5-3-6-10-18/h3-14,21,24,31H,2,17H2,1H3. The van der Waals surface area contributed by atoms with Gasteiger partial charge in [0, 0.05) is 11.5 Å². The number of nitrogens with zero attached hydrogens (tertiary/aromatic N) is 3. The number of pyridine rings is 1. The Balaban J connectivity index is 1.75. The van der Waals surface area contributed by atoms with Crippen LogP contribution in [0.4, 0.5) is 0 Å². The van der Waals surface area contributed by atoms with E-state index in [4.69, 9.17) is 14.9 Å². The molecule has 1 aromatic heterocycles. The second kappa shape index (κ2) is 11.4. The van der Waals surface area contributed by atoms with Gasteiger partial charge in [0.15, 0.2) is 0 Å². The van der Waals surface area contributed by atoms with Crippen molar-refractivity contribution < 1.29 is 14.3 Å². The Bertz CT molecular complexity index is 1390. The molecule has 1 N–H and O–H groups in total. The third-order valence-electron chi connectivity index (χ3n) is 5.64. The van der Waals surface area contributed by atoms with Crippen molar-refractivity contribution in [2.45, 2.75) is 17.9 Å². The van der Waals surface area contributed by atoms with Gasteiger partial charge in [-0.05, 0) is 24.6 Å². The molecule has 0 spiro atoms. The molecule has 0 saturated heterocycles. The number of benzene rings is 2. The van der Waals surface area contributed by atoms with Crippen LogP contribution in [0.2, 0.25) is 0 Å². The van der Waals surface area contributed by atoms with Crippen molar-refractivity contribution in [3.63, 3.8) is 0 Å². The highest BCUT2D eigenvalue weighted by atomic mass is 32.2. The predicted molar refractivity (Wildman–Crippen MR) is 136 cm³/mol. The molecule has 7 nitrogen and oxygen atoms in total. The minimum Gasteiger partial charge on any atom is -0.463 e. The summed E-state index contributed by atoms with van der Waals surface area (Å²) in [6.45, 7) is 1.86. The first kappa shape index (κ1) is 24.7. The van der Waals surface area contributed by atoms with Crippen LogP contribution in [0.1, 0.15) is 24.0 Å². The van der Waals surface area contributed by atoms with Crippen LogP contribution in [0.5, 0.6) is 0 Å². The second-order valence-electron chi connectivity index (χ2n) is 7.83. The van der Waals surface area contributed by atoms with Crippen molar-refractivity contribution in [2.75, 3.05) is 12.4 Å². The Morgan fingerprint density at radius 1 is 1.08 bits per heavy atom. The van der Waals surface area contributed by atoms with Gasteiger partial charge in [-0.25, -0.2) is 9.78 Å². The molecule has 0 fully saturated rings. The van der Waals surface area contributed by atoms with E-state index in [9.17, 15) is 15.3 Å². The Labute approximate surface area is 213 Å². The summed E-state index contributed by atoms with van der Waals surface area (Å²) in [5, 5.41) is 28.3. The number of aromatic nitrogens is 1. The van der Waals surface area contributed by atoms with Crippen LogP contribution in [-0.2, 0) is 14.3 Å². The topological polar surface area (TPSA) is 120 Å². The number of carbonyl (C=O) groups is 1. The Morgan fingerprint density at radius 3 is 2.42 bits per heavy atom. The van der Waals surface area contributed by atoms with Crippen LogP contribution in [0.3, 0.4) is 0 Å². The van der Waals surface area contributed by atoms with Crippen LogP contribution in [0.15, 0.2) is 89.2 Å². The number of nitrogens with one attached hydrogen (secondary N) is 1. The van der Waals surface area contributed by atoms with Gasteiger partial charge < -0.3 is 9.47 Å². The van der Waals surface area contributed by atoms with Crippen molar-refractivity contribution >= 4 is 23.6 Å². The van der Waals surface area contributed by atoms with Gasteiger partial charge in [-0.1, -0.05) is 72.4 Å². The maximum absolute atomic E-state index is 13.1. The Hall–Kier alpha value is -4.40. The lowest BCUT2D eigenvalue weighted by Crippen LogP contribution is -2.34. The maximum atomic E-state index is 13.1. The fourth-order valence-electron chi connectivity index (χ4n) is 3.99. The fraction of sp³-hybridized carbons (Fsp3) is 0.179. The number of hydrogen-bond donors (Lipinski definition) is 1. The average Bonchev–Trinajstić information content (AvgIpc) is 2.92. The van der Waals surface area contributed by atoms with Crippen LogP contribution < -0.4 is 0 Å². The number of carbonyl (C=O) groups excluding carboxylic acids is 1. The molecule has 2 aromatic carbocycles. The van der Waals surface area contributed by atoms with Crippen molar-refractivity contribution in [2.24, 2.45) is 5.92 Å². The van der Waals surface area contributed by atoms with Crippen molar-refractivity contribution in [1.29, 1.82) is 15.9 Å². The zero-order valence-electron chi connectivity index (χ0n) is 19.5. The van der Waals surface area contributed by atoms with Crippen molar-refractivity contribution in [3.8, 4) is 23.4 Å². The quantitative estimate of drug-likeness (QED) is 0.342. The van der Waals surface area contributed by atoms with E-state index in [2.05, 4.69) is 17.1 Å². The molecule has 2 atom stereocenters. The summed E-state index contributed by atoms with van der Waals surface area (Å²) in [5.74, 6) is -2.18. The summed E-state index contributed by atoms with van der Waals surface area (Å²) in [5.41, 5.74) is 2.92. The summed E-state index contributed by atoms with van der Waals surface area (Å²) < 4.78 is 11.1. The molecular formula is C28H22N4O3S. The van der Waals surface area contributed by atoms with Crippen molar-refractivity contribution in [3.05, 3.63) is 95.3 Å². The van der Waals surface area contributed by atoms with E-state index < -0.39 is 17.8 Å². The monoisotopic (exact) mass is 494 g/mol. The minimum atomic E-state index is -0.977. The lowest BCUT2D eigenvalue weighted by molar-refractivity contribution is -0.139. The van der Waals surface area contributed by atoms with Gasteiger partial charge in [-0.2, -0.15) is 10.5 Å². The van der Waals surface area contributed by atoms with Gasteiger partial charge in [0.25, 0.3) is 0 Å².